The van der Waals surface area contributed by atoms with E-state index in [4.69, 9.17) is 5.73 Å². The Hall–Kier alpha value is -2.17. The minimum absolute atomic E-state index is 0.398. The van der Waals surface area contributed by atoms with Gasteiger partial charge in [-0.2, -0.15) is 0 Å². The standard InChI is InChI=1S/C13H11F3N2/c1-7-2-3-9(17)6-12(7)18-13-10(15)4-8(14)5-11(13)16/h2-6,18H,17H2,1H3. The second kappa shape index (κ2) is 4.60. The van der Waals surface area contributed by atoms with E-state index in [9.17, 15) is 13.2 Å². The van der Waals surface area contributed by atoms with Crippen LogP contribution in [0.1, 0.15) is 5.56 Å². The molecule has 0 atom stereocenters. The van der Waals surface area contributed by atoms with Crippen molar-refractivity contribution in [2.45, 2.75) is 6.92 Å². The van der Waals surface area contributed by atoms with Crippen LogP contribution in [0.15, 0.2) is 30.3 Å². The molecule has 3 N–H and O–H groups in total. The number of benzene rings is 2. The van der Waals surface area contributed by atoms with Gasteiger partial charge < -0.3 is 11.1 Å². The largest absolute Gasteiger partial charge is 0.399 e. The fourth-order valence-corrected chi connectivity index (χ4v) is 1.57. The zero-order valence-corrected chi connectivity index (χ0v) is 9.60. The molecule has 0 amide bonds. The molecule has 2 aromatic rings. The van der Waals surface area contributed by atoms with Gasteiger partial charge in [-0.1, -0.05) is 6.07 Å². The minimum Gasteiger partial charge on any atom is -0.399 e. The molecule has 0 bridgehead atoms. The maximum Gasteiger partial charge on any atom is 0.152 e. The number of rotatable bonds is 2. The smallest absolute Gasteiger partial charge is 0.152 e. The Bertz CT molecular complexity index is 574. The Morgan fingerprint density at radius 1 is 1.00 bits per heavy atom. The molecule has 5 heteroatoms. The summed E-state index contributed by atoms with van der Waals surface area (Å²) in [4.78, 5) is 0. The van der Waals surface area contributed by atoms with Gasteiger partial charge >= 0.3 is 0 Å². The Labute approximate surface area is 102 Å². The molecule has 94 valence electrons. The normalized spacial score (nSPS) is 10.4. The number of nitrogens with one attached hydrogen (secondary N) is 1. The molecule has 0 fully saturated rings. The van der Waals surface area contributed by atoms with E-state index in [1.54, 1.807) is 25.1 Å². The maximum absolute atomic E-state index is 13.5. The summed E-state index contributed by atoms with van der Waals surface area (Å²) in [6.07, 6.45) is 0. The number of halogens is 3. The van der Waals surface area contributed by atoms with Crippen LogP contribution in [-0.4, -0.2) is 0 Å². The molecule has 0 spiro atoms. The summed E-state index contributed by atoms with van der Waals surface area (Å²) >= 11 is 0. The van der Waals surface area contributed by atoms with E-state index >= 15 is 0 Å². The summed E-state index contributed by atoms with van der Waals surface area (Å²) < 4.78 is 39.7. The van der Waals surface area contributed by atoms with E-state index in [1.165, 1.54) is 0 Å². The molecular weight excluding hydrogens is 241 g/mol. The Balaban J connectivity index is 2.43. The van der Waals surface area contributed by atoms with Gasteiger partial charge in [-0.3, -0.25) is 0 Å². The first-order valence-electron chi connectivity index (χ1n) is 5.25. The third-order valence-corrected chi connectivity index (χ3v) is 2.53. The van der Waals surface area contributed by atoms with Gasteiger partial charge in [0, 0.05) is 23.5 Å². The first-order valence-corrected chi connectivity index (χ1v) is 5.25. The summed E-state index contributed by atoms with van der Waals surface area (Å²) in [7, 11) is 0. The molecule has 0 saturated carbocycles. The minimum atomic E-state index is -0.991. The first kappa shape index (κ1) is 12.3. The van der Waals surface area contributed by atoms with E-state index in [1.807, 2.05) is 0 Å². The second-order valence-corrected chi connectivity index (χ2v) is 3.94. The van der Waals surface area contributed by atoms with Gasteiger partial charge in [0.15, 0.2) is 11.6 Å². The average molecular weight is 252 g/mol. The molecule has 2 aromatic carbocycles. The molecule has 0 saturated heterocycles. The number of aryl methyl sites for hydroxylation is 1. The van der Waals surface area contributed by atoms with E-state index in [0.717, 1.165) is 5.56 Å². The van der Waals surface area contributed by atoms with Crippen LogP contribution < -0.4 is 11.1 Å². The zero-order valence-electron chi connectivity index (χ0n) is 9.60. The quantitative estimate of drug-likeness (QED) is 0.799. The lowest BCUT2D eigenvalue weighted by Crippen LogP contribution is -2.01. The fraction of sp³-hybridized carbons (Fsp3) is 0.0769. The molecule has 0 radical (unpaired) electrons. The van der Waals surface area contributed by atoms with Crippen molar-refractivity contribution >= 4 is 17.1 Å². The summed E-state index contributed by atoms with van der Waals surface area (Å²) in [6, 6.07) is 6.19. The van der Waals surface area contributed by atoms with Crippen molar-refractivity contribution in [1.29, 1.82) is 0 Å². The Morgan fingerprint density at radius 2 is 1.61 bits per heavy atom. The molecule has 0 unspecified atom stereocenters. The van der Waals surface area contributed by atoms with Gasteiger partial charge in [-0.25, -0.2) is 13.2 Å². The molecule has 0 aliphatic heterocycles. The van der Waals surface area contributed by atoms with Gasteiger partial charge in [0.2, 0.25) is 0 Å². The number of anilines is 3. The predicted molar refractivity (Wildman–Crippen MR) is 65.2 cm³/mol. The van der Waals surface area contributed by atoms with Gasteiger partial charge in [-0.15, -0.1) is 0 Å². The van der Waals surface area contributed by atoms with Crippen LogP contribution in [0, 0.1) is 24.4 Å². The molecule has 18 heavy (non-hydrogen) atoms. The van der Waals surface area contributed by atoms with Crippen LogP contribution in [0.4, 0.5) is 30.2 Å². The first-order chi connectivity index (χ1) is 8.47. The number of hydrogen-bond donors (Lipinski definition) is 2. The van der Waals surface area contributed by atoms with Crippen LogP contribution >= 0.6 is 0 Å². The highest BCUT2D eigenvalue weighted by molar-refractivity contribution is 5.67. The monoisotopic (exact) mass is 252 g/mol. The summed E-state index contributed by atoms with van der Waals surface area (Å²) in [5.41, 5.74) is 6.90. The van der Waals surface area contributed by atoms with Crippen molar-refractivity contribution in [1.82, 2.24) is 0 Å². The third kappa shape index (κ3) is 2.40. The highest BCUT2D eigenvalue weighted by atomic mass is 19.1. The van der Waals surface area contributed by atoms with E-state index < -0.39 is 23.1 Å². The predicted octanol–water partition coefficient (Wildman–Crippen LogP) is 3.74. The fourth-order valence-electron chi connectivity index (χ4n) is 1.57. The van der Waals surface area contributed by atoms with Gasteiger partial charge in [-0.05, 0) is 24.6 Å². The van der Waals surface area contributed by atoms with Crippen molar-refractivity contribution in [3.8, 4) is 0 Å². The van der Waals surface area contributed by atoms with Gasteiger partial charge in [0.25, 0.3) is 0 Å². The van der Waals surface area contributed by atoms with Crippen molar-refractivity contribution in [3.63, 3.8) is 0 Å². The van der Waals surface area contributed by atoms with E-state index in [0.29, 0.717) is 23.5 Å². The molecule has 2 rings (SSSR count). The Morgan fingerprint density at radius 3 is 2.22 bits per heavy atom. The topological polar surface area (TPSA) is 38.0 Å². The molecule has 0 heterocycles. The summed E-state index contributed by atoms with van der Waals surface area (Å²) in [5, 5.41) is 2.58. The Kier molecular flexibility index (Phi) is 3.14. The molecule has 0 aromatic heterocycles. The van der Waals surface area contributed by atoms with Crippen molar-refractivity contribution in [2.24, 2.45) is 0 Å². The van der Waals surface area contributed by atoms with E-state index in [2.05, 4.69) is 5.32 Å². The average Bonchev–Trinajstić information content (AvgIpc) is 2.28. The lowest BCUT2D eigenvalue weighted by atomic mass is 10.1. The zero-order chi connectivity index (χ0) is 13.3. The maximum atomic E-state index is 13.5. The van der Waals surface area contributed by atoms with E-state index in [-0.39, 0.29) is 0 Å². The lowest BCUT2D eigenvalue weighted by Gasteiger charge is -2.12. The van der Waals surface area contributed by atoms with Gasteiger partial charge in [0.05, 0.1) is 0 Å². The van der Waals surface area contributed by atoms with Crippen LogP contribution in [0.3, 0.4) is 0 Å². The van der Waals surface area contributed by atoms with Crippen molar-refractivity contribution in [3.05, 3.63) is 53.3 Å². The highest BCUT2D eigenvalue weighted by Crippen LogP contribution is 2.27. The van der Waals surface area contributed by atoms with Crippen molar-refractivity contribution in [2.75, 3.05) is 11.1 Å². The second-order valence-electron chi connectivity index (χ2n) is 3.94. The molecule has 0 aliphatic carbocycles. The van der Waals surface area contributed by atoms with Crippen LogP contribution in [-0.2, 0) is 0 Å². The highest BCUT2D eigenvalue weighted by Gasteiger charge is 2.12. The number of nitrogen functional groups attached to an aromatic ring is 1. The molecule has 2 nitrogen and oxygen atoms in total. The van der Waals surface area contributed by atoms with Crippen molar-refractivity contribution < 1.29 is 13.2 Å². The summed E-state index contributed by atoms with van der Waals surface area (Å²) in [5.74, 6) is -2.94. The number of nitrogens with two attached hydrogens (primary N) is 1. The SMILES string of the molecule is Cc1ccc(N)cc1Nc1c(F)cc(F)cc1F. The number of hydrogen-bond acceptors (Lipinski definition) is 2. The summed E-state index contributed by atoms with van der Waals surface area (Å²) in [6.45, 7) is 1.76. The van der Waals surface area contributed by atoms with Crippen LogP contribution in [0.25, 0.3) is 0 Å². The lowest BCUT2D eigenvalue weighted by molar-refractivity contribution is 0.549. The molecular formula is C13H11F3N2. The van der Waals surface area contributed by atoms with Crippen LogP contribution in [0.2, 0.25) is 0 Å². The van der Waals surface area contributed by atoms with Crippen LogP contribution in [0.5, 0.6) is 0 Å². The molecule has 0 aliphatic rings. The third-order valence-electron chi connectivity index (χ3n) is 2.53. The van der Waals surface area contributed by atoms with Gasteiger partial charge in [0.1, 0.15) is 11.5 Å².